The number of aliphatic hydroxyl groups is 1. The molecule has 45 heavy (non-hydrogen) atoms. The van der Waals surface area contributed by atoms with E-state index in [-0.39, 0.29) is 30.4 Å². The van der Waals surface area contributed by atoms with Crippen molar-refractivity contribution >= 4 is 28.8 Å². The van der Waals surface area contributed by atoms with Gasteiger partial charge in [0, 0.05) is 67.2 Å². The van der Waals surface area contributed by atoms with E-state index >= 15 is 0 Å². The van der Waals surface area contributed by atoms with E-state index in [1.807, 2.05) is 29.2 Å². The minimum absolute atomic E-state index is 0.00488. The maximum absolute atomic E-state index is 13.8. The Morgan fingerprint density at radius 1 is 1.02 bits per heavy atom. The topological polar surface area (TPSA) is 105 Å². The van der Waals surface area contributed by atoms with Crippen molar-refractivity contribution in [2.75, 3.05) is 37.7 Å². The zero-order chi connectivity index (χ0) is 31.1. The molecule has 1 saturated heterocycles. The van der Waals surface area contributed by atoms with E-state index in [9.17, 15) is 19.5 Å². The van der Waals surface area contributed by atoms with Crippen molar-refractivity contribution in [3.05, 3.63) is 102 Å². The highest BCUT2D eigenvalue weighted by molar-refractivity contribution is 7.14. The molecule has 2 aliphatic heterocycles. The molecule has 5 heterocycles. The Bertz CT molecular complexity index is 1840. The van der Waals surface area contributed by atoms with Gasteiger partial charge in [0.25, 0.3) is 17.4 Å². The van der Waals surface area contributed by atoms with Gasteiger partial charge in [-0.15, -0.1) is 11.3 Å². The predicted molar refractivity (Wildman–Crippen MR) is 173 cm³/mol. The molecule has 0 unspecified atom stereocenters. The summed E-state index contributed by atoms with van der Waals surface area (Å²) in [6.07, 6.45) is 8.92. The number of aliphatic hydroxyl groups excluding tert-OH is 1. The largest absolute Gasteiger partial charge is 0.392 e. The van der Waals surface area contributed by atoms with Gasteiger partial charge >= 0.3 is 0 Å². The summed E-state index contributed by atoms with van der Waals surface area (Å²) >= 11 is 1.65. The van der Waals surface area contributed by atoms with Crippen LogP contribution in [0.2, 0.25) is 0 Å². The number of benzene rings is 1. The lowest BCUT2D eigenvalue weighted by atomic mass is 9.91. The second-order valence-corrected chi connectivity index (χ2v) is 13.1. The van der Waals surface area contributed by atoms with Gasteiger partial charge in [-0.05, 0) is 78.6 Å². The van der Waals surface area contributed by atoms with Crippen molar-refractivity contribution in [1.82, 2.24) is 14.5 Å². The molecule has 3 aromatic heterocycles. The number of rotatable bonds is 6. The average Bonchev–Trinajstić information content (AvgIpc) is 3.47. The molecular formula is C35H36N4O5S. The molecule has 232 valence electrons. The van der Waals surface area contributed by atoms with Crippen LogP contribution in [0.15, 0.2) is 53.6 Å². The van der Waals surface area contributed by atoms with Gasteiger partial charge in [0.15, 0.2) is 0 Å². The van der Waals surface area contributed by atoms with Gasteiger partial charge in [0.2, 0.25) is 0 Å². The monoisotopic (exact) mass is 624 g/mol. The number of carbonyl (C=O) groups is 2. The van der Waals surface area contributed by atoms with Crippen LogP contribution in [0.3, 0.4) is 0 Å². The van der Waals surface area contributed by atoms with E-state index < -0.39 is 0 Å². The number of amides is 2. The number of ether oxygens (including phenoxy) is 1. The fraction of sp³-hybridized carbons (Fsp3) is 0.371. The summed E-state index contributed by atoms with van der Waals surface area (Å²) in [5.41, 5.74) is 7.12. The summed E-state index contributed by atoms with van der Waals surface area (Å²) < 4.78 is 6.89. The van der Waals surface area contributed by atoms with E-state index in [0.717, 1.165) is 35.3 Å². The van der Waals surface area contributed by atoms with Crippen molar-refractivity contribution in [3.8, 4) is 11.1 Å². The van der Waals surface area contributed by atoms with Crippen LogP contribution in [0.4, 0.5) is 5.69 Å². The zero-order valence-electron chi connectivity index (χ0n) is 25.4. The summed E-state index contributed by atoms with van der Waals surface area (Å²) in [4.78, 5) is 50.2. The number of fused-ring (bicyclic) bond motifs is 3. The normalized spacial score (nSPS) is 16.4. The van der Waals surface area contributed by atoms with Gasteiger partial charge in [-0.2, -0.15) is 0 Å². The third-order valence-corrected chi connectivity index (χ3v) is 10.5. The van der Waals surface area contributed by atoms with Crippen molar-refractivity contribution in [2.45, 2.75) is 45.1 Å². The first-order valence-corrected chi connectivity index (χ1v) is 16.4. The SMILES string of the molecule is Cn1cc(-c2cccc(N3CCc4c(sc5c4CCCC5)C3=O)c2CO)cc(Cc2ccc(C(=O)N3CCOCC3)cn2)c1=O. The number of morpholine rings is 1. The van der Waals surface area contributed by atoms with E-state index in [2.05, 4.69) is 4.98 Å². The molecule has 1 N–H and O–H groups in total. The molecular weight excluding hydrogens is 588 g/mol. The molecule has 0 bridgehead atoms. The summed E-state index contributed by atoms with van der Waals surface area (Å²) in [5.74, 6) is -0.0703. The lowest BCUT2D eigenvalue weighted by Crippen LogP contribution is -2.40. The number of anilines is 1. The van der Waals surface area contributed by atoms with E-state index in [1.54, 1.807) is 52.4 Å². The zero-order valence-corrected chi connectivity index (χ0v) is 26.2. The van der Waals surface area contributed by atoms with Crippen LogP contribution in [-0.4, -0.2) is 64.2 Å². The quantitative estimate of drug-likeness (QED) is 0.346. The van der Waals surface area contributed by atoms with Gasteiger partial charge in [-0.25, -0.2) is 0 Å². The fourth-order valence-electron chi connectivity index (χ4n) is 6.86. The van der Waals surface area contributed by atoms with Crippen LogP contribution in [0.5, 0.6) is 0 Å². The second kappa shape index (κ2) is 12.3. The Kier molecular flexibility index (Phi) is 8.12. The van der Waals surface area contributed by atoms with Gasteiger partial charge in [0.1, 0.15) is 0 Å². The third kappa shape index (κ3) is 5.51. The molecule has 1 aromatic carbocycles. The molecule has 2 amide bonds. The van der Waals surface area contributed by atoms with Crippen molar-refractivity contribution in [3.63, 3.8) is 0 Å². The predicted octanol–water partition coefficient (Wildman–Crippen LogP) is 4.15. The number of nitrogens with zero attached hydrogens (tertiary/aromatic N) is 4. The molecule has 4 aromatic rings. The minimum Gasteiger partial charge on any atom is -0.392 e. The lowest BCUT2D eigenvalue weighted by molar-refractivity contribution is 0.0302. The minimum atomic E-state index is -0.249. The number of pyridine rings is 2. The van der Waals surface area contributed by atoms with Crippen molar-refractivity contribution in [2.24, 2.45) is 7.05 Å². The molecule has 3 aliphatic rings. The van der Waals surface area contributed by atoms with Crippen LogP contribution in [-0.2, 0) is 44.1 Å². The first-order valence-electron chi connectivity index (χ1n) is 15.6. The Hall–Kier alpha value is -4.12. The highest BCUT2D eigenvalue weighted by Gasteiger charge is 2.33. The van der Waals surface area contributed by atoms with Gasteiger partial charge in [-0.3, -0.25) is 19.4 Å². The molecule has 0 saturated carbocycles. The standard InChI is InChI=1S/C35H36N4O5S/c1-37-20-24(17-23(33(37)41)18-25-10-9-22(19-36-25)34(42)38-13-15-44-16-14-38)26-6-4-7-30(29(26)21-40)39-12-11-28-27-5-2-3-8-31(27)45-32(28)35(39)43/h4,6-7,9-10,17,19-20,40H,2-3,5,8,11-16,18,21H2,1H3. The average molecular weight is 625 g/mol. The van der Waals surface area contributed by atoms with Crippen LogP contribution in [0, 0.1) is 0 Å². The number of hydrogen-bond acceptors (Lipinski definition) is 7. The first kappa shape index (κ1) is 29.6. The van der Waals surface area contributed by atoms with Gasteiger partial charge in [0.05, 0.1) is 35.9 Å². The van der Waals surface area contributed by atoms with Crippen LogP contribution in [0.25, 0.3) is 11.1 Å². The van der Waals surface area contributed by atoms with E-state index in [4.69, 9.17) is 4.74 Å². The number of aromatic nitrogens is 2. The van der Waals surface area contributed by atoms with E-state index in [1.165, 1.54) is 28.8 Å². The smallest absolute Gasteiger partial charge is 0.268 e. The Labute approximate surface area is 265 Å². The highest BCUT2D eigenvalue weighted by atomic mass is 32.1. The van der Waals surface area contributed by atoms with Gasteiger partial charge < -0.3 is 24.2 Å². The van der Waals surface area contributed by atoms with E-state index in [0.29, 0.717) is 60.9 Å². The van der Waals surface area contributed by atoms with Crippen LogP contribution in [0.1, 0.15) is 65.7 Å². The maximum Gasteiger partial charge on any atom is 0.268 e. The Balaban J connectivity index is 1.17. The summed E-state index contributed by atoms with van der Waals surface area (Å²) in [5, 5.41) is 10.6. The molecule has 0 radical (unpaired) electrons. The molecule has 10 heteroatoms. The van der Waals surface area contributed by atoms with Crippen molar-refractivity contribution < 1.29 is 19.4 Å². The highest BCUT2D eigenvalue weighted by Crippen LogP contribution is 2.40. The molecule has 0 atom stereocenters. The molecule has 7 rings (SSSR count). The molecule has 9 nitrogen and oxygen atoms in total. The number of hydrogen-bond donors (Lipinski definition) is 1. The van der Waals surface area contributed by atoms with Crippen LogP contribution < -0.4 is 10.5 Å². The summed E-state index contributed by atoms with van der Waals surface area (Å²) in [7, 11) is 1.71. The summed E-state index contributed by atoms with van der Waals surface area (Å²) in [6, 6.07) is 11.1. The Morgan fingerprint density at radius 2 is 1.84 bits per heavy atom. The number of aryl methyl sites for hydroxylation is 2. The van der Waals surface area contributed by atoms with Crippen LogP contribution >= 0.6 is 11.3 Å². The summed E-state index contributed by atoms with van der Waals surface area (Å²) in [6.45, 7) is 2.50. The van der Waals surface area contributed by atoms with Crippen molar-refractivity contribution in [1.29, 1.82) is 0 Å². The second-order valence-electron chi connectivity index (χ2n) is 12.0. The molecule has 1 fully saturated rings. The number of carbonyl (C=O) groups excluding carboxylic acids is 2. The lowest BCUT2D eigenvalue weighted by Gasteiger charge is -2.30. The Morgan fingerprint density at radius 3 is 2.62 bits per heavy atom. The first-order chi connectivity index (χ1) is 21.9. The van der Waals surface area contributed by atoms with Gasteiger partial charge in [-0.1, -0.05) is 12.1 Å². The number of thiophene rings is 1. The molecule has 0 spiro atoms. The maximum atomic E-state index is 13.8. The fourth-order valence-corrected chi connectivity index (χ4v) is 8.25. The molecule has 1 aliphatic carbocycles. The third-order valence-electron chi connectivity index (χ3n) is 9.22.